The van der Waals surface area contributed by atoms with Crippen LogP contribution in [0.3, 0.4) is 0 Å². The van der Waals surface area contributed by atoms with E-state index in [1.807, 2.05) is 52.0 Å². The summed E-state index contributed by atoms with van der Waals surface area (Å²) in [5, 5.41) is 2.89. The van der Waals surface area contributed by atoms with Crippen LogP contribution in [0.5, 0.6) is 5.75 Å². The lowest BCUT2D eigenvalue weighted by molar-refractivity contribution is -0.122. The molecule has 0 bridgehead atoms. The van der Waals surface area contributed by atoms with Crippen LogP contribution < -0.4 is 10.1 Å². The second-order valence-corrected chi connectivity index (χ2v) is 6.77. The van der Waals surface area contributed by atoms with Crippen molar-refractivity contribution >= 4 is 27.5 Å². The van der Waals surface area contributed by atoms with Gasteiger partial charge in [0.1, 0.15) is 5.75 Å². The first-order chi connectivity index (χ1) is 10.8. The van der Waals surface area contributed by atoms with Crippen molar-refractivity contribution in [3.63, 3.8) is 0 Å². The summed E-state index contributed by atoms with van der Waals surface area (Å²) in [6.45, 7) is 9.82. The lowest BCUT2D eigenvalue weighted by Crippen LogP contribution is -2.30. The van der Waals surface area contributed by atoms with E-state index in [1.165, 1.54) is 0 Å². The van der Waals surface area contributed by atoms with E-state index in [-0.39, 0.29) is 5.91 Å². The van der Waals surface area contributed by atoms with Crippen molar-refractivity contribution < 1.29 is 9.53 Å². The van der Waals surface area contributed by atoms with Crippen molar-refractivity contribution in [1.82, 2.24) is 0 Å². The summed E-state index contributed by atoms with van der Waals surface area (Å²) in [6, 6.07) is 9.79. The SMILES string of the molecule is Cc1cc(C)c(C)c(O[C@H](C)C(=O)Nc2ccc(Br)c(C)c2)c1. The molecule has 3 nitrogen and oxygen atoms in total. The third-order valence-electron chi connectivity index (χ3n) is 3.86. The van der Waals surface area contributed by atoms with E-state index < -0.39 is 6.10 Å². The predicted molar refractivity (Wildman–Crippen MR) is 98.3 cm³/mol. The first-order valence-electron chi connectivity index (χ1n) is 7.59. The monoisotopic (exact) mass is 375 g/mol. The Balaban J connectivity index is 2.10. The molecule has 1 amide bonds. The Labute approximate surface area is 146 Å². The highest BCUT2D eigenvalue weighted by molar-refractivity contribution is 9.10. The molecule has 0 fully saturated rings. The maximum Gasteiger partial charge on any atom is 0.265 e. The fourth-order valence-corrected chi connectivity index (χ4v) is 2.58. The second kappa shape index (κ2) is 7.18. The molecule has 0 aromatic heterocycles. The van der Waals surface area contributed by atoms with Gasteiger partial charge in [-0.1, -0.05) is 22.0 Å². The van der Waals surface area contributed by atoms with E-state index in [0.717, 1.165) is 38.2 Å². The van der Waals surface area contributed by atoms with E-state index >= 15 is 0 Å². The third kappa shape index (κ3) is 4.35. The van der Waals surface area contributed by atoms with Crippen LogP contribution in [0.1, 0.15) is 29.2 Å². The number of nitrogens with one attached hydrogen (secondary N) is 1. The van der Waals surface area contributed by atoms with Gasteiger partial charge in [0, 0.05) is 10.2 Å². The van der Waals surface area contributed by atoms with E-state index in [4.69, 9.17) is 4.74 Å². The van der Waals surface area contributed by atoms with Gasteiger partial charge in [0.25, 0.3) is 5.91 Å². The molecule has 2 aromatic rings. The van der Waals surface area contributed by atoms with Crippen molar-refractivity contribution in [3.8, 4) is 5.75 Å². The molecular weight excluding hydrogens is 354 g/mol. The Morgan fingerprint density at radius 1 is 1.09 bits per heavy atom. The average Bonchev–Trinajstić information content (AvgIpc) is 2.48. The zero-order chi connectivity index (χ0) is 17.1. The summed E-state index contributed by atoms with van der Waals surface area (Å²) < 4.78 is 6.89. The van der Waals surface area contributed by atoms with E-state index in [0.29, 0.717) is 0 Å². The highest BCUT2D eigenvalue weighted by Crippen LogP contribution is 2.25. The van der Waals surface area contributed by atoms with Gasteiger partial charge >= 0.3 is 0 Å². The summed E-state index contributed by atoms with van der Waals surface area (Å²) in [7, 11) is 0. The molecule has 4 heteroatoms. The summed E-state index contributed by atoms with van der Waals surface area (Å²) in [5.41, 5.74) is 5.19. The topological polar surface area (TPSA) is 38.3 Å². The number of halogens is 1. The van der Waals surface area contributed by atoms with Crippen LogP contribution in [-0.4, -0.2) is 12.0 Å². The molecule has 0 heterocycles. The van der Waals surface area contributed by atoms with Crippen LogP contribution in [0.25, 0.3) is 0 Å². The number of benzene rings is 2. The normalized spacial score (nSPS) is 11.9. The quantitative estimate of drug-likeness (QED) is 0.807. The highest BCUT2D eigenvalue weighted by atomic mass is 79.9. The van der Waals surface area contributed by atoms with Crippen molar-refractivity contribution in [2.75, 3.05) is 5.32 Å². The van der Waals surface area contributed by atoms with Gasteiger partial charge in [-0.25, -0.2) is 0 Å². The molecule has 0 saturated heterocycles. The molecule has 0 aliphatic rings. The lowest BCUT2D eigenvalue weighted by Gasteiger charge is -2.18. The number of hydrogen-bond acceptors (Lipinski definition) is 2. The molecule has 0 aliphatic heterocycles. The molecule has 0 unspecified atom stereocenters. The van der Waals surface area contributed by atoms with Crippen LogP contribution in [0, 0.1) is 27.7 Å². The fraction of sp³-hybridized carbons (Fsp3) is 0.316. The molecule has 0 saturated carbocycles. The van der Waals surface area contributed by atoms with Gasteiger partial charge in [0.2, 0.25) is 0 Å². The van der Waals surface area contributed by atoms with Gasteiger partial charge in [0.05, 0.1) is 0 Å². The van der Waals surface area contributed by atoms with E-state index in [1.54, 1.807) is 6.92 Å². The predicted octanol–water partition coefficient (Wildman–Crippen LogP) is 5.09. The number of anilines is 1. The van der Waals surface area contributed by atoms with Crippen molar-refractivity contribution in [2.45, 2.75) is 40.7 Å². The zero-order valence-electron chi connectivity index (χ0n) is 14.2. The average molecular weight is 376 g/mol. The molecule has 1 atom stereocenters. The fourth-order valence-electron chi connectivity index (χ4n) is 2.33. The third-order valence-corrected chi connectivity index (χ3v) is 4.75. The van der Waals surface area contributed by atoms with Gasteiger partial charge in [-0.2, -0.15) is 0 Å². The summed E-state index contributed by atoms with van der Waals surface area (Å²) in [4.78, 5) is 12.3. The molecule has 0 spiro atoms. The van der Waals surface area contributed by atoms with Crippen molar-refractivity contribution in [3.05, 3.63) is 57.1 Å². The molecule has 2 rings (SSSR count). The Morgan fingerprint density at radius 2 is 1.78 bits per heavy atom. The Hall–Kier alpha value is -1.81. The molecule has 23 heavy (non-hydrogen) atoms. The number of amides is 1. The second-order valence-electron chi connectivity index (χ2n) is 5.92. The molecular formula is C19H22BrNO2. The van der Waals surface area contributed by atoms with Crippen LogP contribution in [0.15, 0.2) is 34.8 Å². The number of hydrogen-bond donors (Lipinski definition) is 1. The van der Waals surface area contributed by atoms with Crippen molar-refractivity contribution in [2.24, 2.45) is 0 Å². The number of aryl methyl sites for hydroxylation is 3. The molecule has 2 aromatic carbocycles. The van der Waals surface area contributed by atoms with Crippen LogP contribution in [0.2, 0.25) is 0 Å². The highest BCUT2D eigenvalue weighted by Gasteiger charge is 2.17. The standard InChI is InChI=1S/C19H22BrNO2/c1-11-8-12(2)14(4)18(9-11)23-15(5)19(22)21-16-6-7-17(20)13(3)10-16/h6-10,15H,1-5H3,(H,21,22)/t15-/m1/s1. The van der Waals surface area contributed by atoms with Gasteiger partial charge < -0.3 is 10.1 Å². The Kier molecular flexibility index (Phi) is 5.47. The number of rotatable bonds is 4. The molecule has 0 aliphatic carbocycles. The first kappa shape index (κ1) is 17.5. The molecule has 0 radical (unpaired) electrons. The lowest BCUT2D eigenvalue weighted by atomic mass is 10.1. The van der Waals surface area contributed by atoms with Gasteiger partial charge in [-0.3, -0.25) is 4.79 Å². The Morgan fingerprint density at radius 3 is 2.43 bits per heavy atom. The van der Waals surface area contributed by atoms with E-state index in [9.17, 15) is 4.79 Å². The largest absolute Gasteiger partial charge is 0.481 e. The van der Waals surface area contributed by atoms with Crippen LogP contribution in [-0.2, 0) is 4.79 Å². The summed E-state index contributed by atoms with van der Waals surface area (Å²) in [5.74, 6) is 0.599. The van der Waals surface area contributed by atoms with E-state index in [2.05, 4.69) is 27.3 Å². The minimum absolute atomic E-state index is 0.162. The summed E-state index contributed by atoms with van der Waals surface area (Å²) >= 11 is 3.45. The maximum atomic E-state index is 12.3. The zero-order valence-corrected chi connectivity index (χ0v) is 15.7. The minimum atomic E-state index is -0.571. The number of ether oxygens (including phenoxy) is 1. The maximum absolute atomic E-state index is 12.3. The molecule has 1 N–H and O–H groups in total. The van der Waals surface area contributed by atoms with Gasteiger partial charge in [0.15, 0.2) is 6.10 Å². The Bertz CT molecular complexity index is 740. The molecule has 122 valence electrons. The van der Waals surface area contributed by atoms with Crippen LogP contribution >= 0.6 is 15.9 Å². The van der Waals surface area contributed by atoms with Crippen molar-refractivity contribution in [1.29, 1.82) is 0 Å². The van der Waals surface area contributed by atoms with Crippen LogP contribution in [0.4, 0.5) is 5.69 Å². The number of carbonyl (C=O) groups is 1. The first-order valence-corrected chi connectivity index (χ1v) is 8.38. The van der Waals surface area contributed by atoms with Gasteiger partial charge in [-0.15, -0.1) is 0 Å². The number of carbonyl (C=O) groups excluding carboxylic acids is 1. The minimum Gasteiger partial charge on any atom is -0.481 e. The smallest absolute Gasteiger partial charge is 0.265 e. The summed E-state index contributed by atoms with van der Waals surface area (Å²) in [6.07, 6.45) is -0.571. The van der Waals surface area contributed by atoms with Gasteiger partial charge in [-0.05, 0) is 81.1 Å².